The number of aliphatic hydroxyl groups is 1. The van der Waals surface area contributed by atoms with E-state index in [1.807, 2.05) is 11.8 Å². The van der Waals surface area contributed by atoms with Gasteiger partial charge in [0.25, 0.3) is 0 Å². The van der Waals surface area contributed by atoms with Crippen molar-refractivity contribution >= 4 is 17.7 Å². The Morgan fingerprint density at radius 1 is 0.864 bits per heavy atom. The largest absolute Gasteiger partial charge is 0.390 e. The minimum Gasteiger partial charge on any atom is -0.390 e. The Hall–Kier alpha value is -2.11. The minimum absolute atomic E-state index is 0.000598. The standard InChI is InChI=1S/C36H62N4O4/c1-5-14-29-21-30(25-31(22-29)36(44)40(19-6-2)20-7-3)35(43)37-32(23-27-15-10-8-11-16-27)33(41)26-39(4)38-34(42)24-28-17-12-9-13-18-28/h27-33,41H,6-13,15-26H2,1-4H3,(H,37,43)(H,38,42). The fraction of sp³-hybridized carbons (Fsp3) is 0.861. The van der Waals surface area contributed by atoms with Crippen LogP contribution in [-0.2, 0) is 14.4 Å². The van der Waals surface area contributed by atoms with Crippen molar-refractivity contribution in [1.29, 1.82) is 0 Å². The summed E-state index contributed by atoms with van der Waals surface area (Å²) in [6, 6.07) is -0.410. The summed E-state index contributed by atoms with van der Waals surface area (Å²) in [4.78, 5) is 42.2. The van der Waals surface area contributed by atoms with E-state index >= 15 is 0 Å². The highest BCUT2D eigenvalue weighted by molar-refractivity contribution is 5.83. The van der Waals surface area contributed by atoms with Gasteiger partial charge >= 0.3 is 0 Å². The van der Waals surface area contributed by atoms with Crippen molar-refractivity contribution in [2.75, 3.05) is 26.7 Å². The van der Waals surface area contributed by atoms with Crippen molar-refractivity contribution < 1.29 is 19.5 Å². The average Bonchev–Trinajstić information content (AvgIpc) is 3.01. The highest BCUT2D eigenvalue weighted by Crippen LogP contribution is 2.35. The van der Waals surface area contributed by atoms with Crippen LogP contribution in [-0.4, -0.2) is 71.6 Å². The summed E-state index contributed by atoms with van der Waals surface area (Å²) in [5.74, 6) is 6.77. The molecule has 8 heteroatoms. The van der Waals surface area contributed by atoms with E-state index in [4.69, 9.17) is 0 Å². The van der Waals surface area contributed by atoms with E-state index in [9.17, 15) is 19.5 Å². The number of rotatable bonds is 15. The number of carbonyl (C=O) groups excluding carboxylic acids is 3. The average molecular weight is 615 g/mol. The predicted molar refractivity (Wildman–Crippen MR) is 176 cm³/mol. The van der Waals surface area contributed by atoms with Crippen molar-refractivity contribution in [3.63, 3.8) is 0 Å². The first-order valence-corrected chi connectivity index (χ1v) is 17.9. The van der Waals surface area contributed by atoms with Crippen LogP contribution in [0.15, 0.2) is 0 Å². The first-order valence-electron chi connectivity index (χ1n) is 17.9. The first kappa shape index (κ1) is 36.4. The zero-order chi connectivity index (χ0) is 31.9. The number of nitrogens with zero attached hydrogens (tertiary/aromatic N) is 2. The summed E-state index contributed by atoms with van der Waals surface area (Å²) in [5, 5.41) is 16.4. The molecule has 3 rings (SSSR count). The van der Waals surface area contributed by atoms with Crippen LogP contribution in [0, 0.1) is 41.4 Å². The Bertz CT molecular complexity index is 944. The molecule has 44 heavy (non-hydrogen) atoms. The van der Waals surface area contributed by atoms with E-state index in [-0.39, 0.29) is 42.0 Å². The number of amides is 3. The Morgan fingerprint density at radius 2 is 1.45 bits per heavy atom. The normalized spacial score (nSPS) is 24.5. The Kier molecular flexibility index (Phi) is 16.0. The minimum atomic E-state index is -0.822. The molecule has 0 spiro atoms. The number of nitrogens with one attached hydrogen (secondary N) is 2. The molecule has 3 saturated carbocycles. The van der Waals surface area contributed by atoms with Crippen LogP contribution in [0.3, 0.4) is 0 Å². The maximum Gasteiger partial charge on any atom is 0.234 e. The third kappa shape index (κ3) is 12.0. The predicted octanol–water partition coefficient (Wildman–Crippen LogP) is 5.44. The van der Waals surface area contributed by atoms with Gasteiger partial charge in [0.05, 0.1) is 12.1 Å². The van der Waals surface area contributed by atoms with Gasteiger partial charge in [-0.25, -0.2) is 5.01 Å². The molecule has 3 aliphatic rings. The molecule has 3 N–H and O–H groups in total. The molecule has 0 bridgehead atoms. The van der Waals surface area contributed by atoms with E-state index in [1.54, 1.807) is 12.1 Å². The Morgan fingerprint density at radius 3 is 2.05 bits per heavy atom. The van der Waals surface area contributed by atoms with E-state index < -0.39 is 12.1 Å². The fourth-order valence-electron chi connectivity index (χ4n) is 7.95. The van der Waals surface area contributed by atoms with Crippen molar-refractivity contribution in [2.45, 2.75) is 142 Å². The SMILES string of the molecule is CC#CC1CC(C(=O)NC(CC2CCCCC2)C(O)CN(C)NC(=O)CC2CCCCC2)CC(C(=O)N(CCC)CCC)C1. The van der Waals surface area contributed by atoms with Gasteiger partial charge in [0.1, 0.15) is 0 Å². The fourth-order valence-corrected chi connectivity index (χ4v) is 7.95. The third-order valence-corrected chi connectivity index (χ3v) is 10.2. The quantitative estimate of drug-likeness (QED) is 0.168. The van der Waals surface area contributed by atoms with Gasteiger partial charge in [-0.1, -0.05) is 65.2 Å². The highest BCUT2D eigenvalue weighted by Gasteiger charge is 2.38. The van der Waals surface area contributed by atoms with Crippen LogP contribution >= 0.6 is 0 Å². The number of hydrogen-bond donors (Lipinski definition) is 3. The number of hydrogen-bond acceptors (Lipinski definition) is 5. The molecule has 0 heterocycles. The summed E-state index contributed by atoms with van der Waals surface area (Å²) in [7, 11) is 1.80. The van der Waals surface area contributed by atoms with Crippen LogP contribution in [0.1, 0.15) is 130 Å². The number of hydrazine groups is 1. The molecular weight excluding hydrogens is 552 g/mol. The second kappa shape index (κ2) is 19.4. The lowest BCUT2D eigenvalue weighted by molar-refractivity contribution is -0.139. The number of likely N-dealkylation sites (N-methyl/N-ethyl adjacent to an activating group) is 1. The van der Waals surface area contributed by atoms with Crippen molar-refractivity contribution in [3.05, 3.63) is 0 Å². The Labute approximate surface area is 267 Å². The molecule has 0 aromatic heterocycles. The number of aliphatic hydroxyl groups excluding tert-OH is 1. The number of carbonyl (C=O) groups is 3. The maximum atomic E-state index is 13.9. The smallest absolute Gasteiger partial charge is 0.234 e. The molecule has 3 amide bonds. The molecule has 0 radical (unpaired) electrons. The summed E-state index contributed by atoms with van der Waals surface area (Å²) in [6.45, 7) is 7.73. The topological polar surface area (TPSA) is 102 Å². The van der Waals surface area contributed by atoms with E-state index in [2.05, 4.69) is 36.4 Å². The second-order valence-corrected chi connectivity index (χ2v) is 14.1. The molecule has 3 aliphatic carbocycles. The lowest BCUT2D eigenvalue weighted by Gasteiger charge is -2.36. The lowest BCUT2D eigenvalue weighted by Crippen LogP contribution is -2.53. The molecule has 250 valence electrons. The zero-order valence-electron chi connectivity index (χ0n) is 28.2. The summed E-state index contributed by atoms with van der Waals surface area (Å²) in [5.41, 5.74) is 2.97. The lowest BCUT2D eigenvalue weighted by atomic mass is 9.74. The van der Waals surface area contributed by atoms with Crippen molar-refractivity contribution in [3.8, 4) is 11.8 Å². The van der Waals surface area contributed by atoms with Crippen molar-refractivity contribution in [1.82, 2.24) is 20.7 Å². The molecule has 0 saturated heterocycles. The van der Waals surface area contributed by atoms with Gasteiger partial charge in [0.15, 0.2) is 0 Å². The van der Waals surface area contributed by atoms with Gasteiger partial charge in [-0.15, -0.1) is 11.8 Å². The highest BCUT2D eigenvalue weighted by atomic mass is 16.3. The van der Waals surface area contributed by atoms with Crippen LogP contribution in [0.2, 0.25) is 0 Å². The monoisotopic (exact) mass is 614 g/mol. The van der Waals surface area contributed by atoms with Crippen molar-refractivity contribution in [2.24, 2.45) is 29.6 Å². The maximum absolute atomic E-state index is 13.9. The molecule has 0 aromatic carbocycles. The molecule has 5 unspecified atom stereocenters. The van der Waals surface area contributed by atoms with E-state index in [1.165, 1.54) is 38.5 Å². The van der Waals surface area contributed by atoms with Crippen LogP contribution in [0.5, 0.6) is 0 Å². The van der Waals surface area contributed by atoms with Crippen LogP contribution in [0.25, 0.3) is 0 Å². The molecule has 0 aromatic rings. The first-order chi connectivity index (χ1) is 21.2. The van der Waals surface area contributed by atoms with Gasteiger partial charge in [-0.05, 0) is 70.1 Å². The van der Waals surface area contributed by atoms with Gasteiger partial charge in [0, 0.05) is 50.9 Å². The Balaban J connectivity index is 1.66. The van der Waals surface area contributed by atoms with Crippen LogP contribution < -0.4 is 10.7 Å². The second-order valence-electron chi connectivity index (χ2n) is 14.1. The third-order valence-electron chi connectivity index (χ3n) is 10.2. The summed E-state index contributed by atoms with van der Waals surface area (Å²) in [6.07, 6.45) is 15.9. The zero-order valence-corrected chi connectivity index (χ0v) is 28.2. The van der Waals surface area contributed by atoms with E-state index in [0.717, 1.165) is 58.0 Å². The molecule has 3 fully saturated rings. The molecule has 0 aliphatic heterocycles. The van der Waals surface area contributed by atoms with Gasteiger partial charge in [0.2, 0.25) is 17.7 Å². The molecule has 5 atom stereocenters. The van der Waals surface area contributed by atoms with E-state index in [0.29, 0.717) is 37.5 Å². The summed E-state index contributed by atoms with van der Waals surface area (Å²) >= 11 is 0. The van der Waals surface area contributed by atoms with Gasteiger partial charge in [-0.3, -0.25) is 19.8 Å². The van der Waals surface area contributed by atoms with Gasteiger partial charge in [-0.2, -0.15) is 0 Å². The molecular formula is C36H62N4O4. The summed E-state index contributed by atoms with van der Waals surface area (Å²) < 4.78 is 0. The molecule has 8 nitrogen and oxygen atoms in total. The van der Waals surface area contributed by atoms with Crippen LogP contribution in [0.4, 0.5) is 0 Å². The van der Waals surface area contributed by atoms with Gasteiger partial charge < -0.3 is 15.3 Å².